The Labute approximate surface area is 97.2 Å². The molecule has 0 aromatic heterocycles. The zero-order valence-electron chi connectivity index (χ0n) is 11.7. The van der Waals surface area contributed by atoms with Gasteiger partial charge in [-0.3, -0.25) is 0 Å². The molecular formula is C14H29N. The minimum Gasteiger partial charge on any atom is -0.352 e. The number of hydrogen-bond acceptors (Lipinski definition) is 1. The minimum atomic E-state index is 1.07. The summed E-state index contributed by atoms with van der Waals surface area (Å²) < 4.78 is 0. The van der Waals surface area contributed by atoms with Crippen LogP contribution in [0, 0.1) is 0 Å². The van der Waals surface area contributed by atoms with E-state index in [1.807, 2.05) is 53.8 Å². The molecule has 0 amide bonds. The number of nitrogens with zero attached hydrogens (tertiary/aromatic N) is 1. The fourth-order valence-corrected chi connectivity index (χ4v) is 0.815. The number of hydrogen-bond donors (Lipinski definition) is 0. The third-order valence-electron chi connectivity index (χ3n) is 1.48. The summed E-state index contributed by atoms with van der Waals surface area (Å²) in [4.78, 5) is 2.05. The second-order valence-electron chi connectivity index (χ2n) is 2.32. The first-order valence-electron chi connectivity index (χ1n) is 5.94. The smallest absolute Gasteiger partial charge is 0.0354 e. The molecule has 0 aliphatic carbocycles. The van der Waals surface area contributed by atoms with Crippen LogP contribution in [0.1, 0.15) is 48.0 Å². The maximum Gasteiger partial charge on any atom is 0.0354 e. The van der Waals surface area contributed by atoms with Crippen molar-refractivity contribution in [1.29, 1.82) is 0 Å². The Kier molecular flexibility index (Phi) is 24.4. The Hall–Kier alpha value is -0.980. The minimum absolute atomic E-state index is 1.07. The van der Waals surface area contributed by atoms with Gasteiger partial charge in [0.1, 0.15) is 0 Å². The molecule has 1 heteroatoms. The topological polar surface area (TPSA) is 3.24 Å². The predicted molar refractivity (Wildman–Crippen MR) is 73.8 cm³/mol. The summed E-state index contributed by atoms with van der Waals surface area (Å²) in [6.07, 6.45) is 9.12. The average Bonchev–Trinajstić information content (AvgIpc) is 2.33. The van der Waals surface area contributed by atoms with Crippen LogP contribution in [0.5, 0.6) is 0 Å². The molecule has 0 N–H and O–H groups in total. The fourth-order valence-electron chi connectivity index (χ4n) is 0.815. The lowest BCUT2D eigenvalue weighted by atomic mass is 10.3. The predicted octanol–water partition coefficient (Wildman–Crippen LogP) is 4.98. The van der Waals surface area contributed by atoms with Crippen molar-refractivity contribution in [1.82, 2.24) is 4.90 Å². The summed E-state index contributed by atoms with van der Waals surface area (Å²) in [5.41, 5.74) is 1.13. The molecule has 0 aromatic rings. The van der Waals surface area contributed by atoms with Crippen molar-refractivity contribution < 1.29 is 0 Å². The Bertz CT molecular complexity index is 166. The highest BCUT2D eigenvalue weighted by Crippen LogP contribution is 2.02. The fraction of sp³-hybridized carbons (Fsp3) is 0.571. The summed E-state index contributed by atoms with van der Waals surface area (Å²) >= 11 is 0. The first-order chi connectivity index (χ1) is 7.26. The standard InChI is InChI=1S/C10H17N.2C2H6/c1-5-8-9-11(4)10(6-2)7-3;2*1-2/h6-9H,2,5H2,1,3-4H3;2*1-2H3/b9-8-,10-7-;;. The Balaban J connectivity index is -0.000000318. The third-order valence-corrected chi connectivity index (χ3v) is 1.48. The van der Waals surface area contributed by atoms with Crippen molar-refractivity contribution in [3.63, 3.8) is 0 Å². The van der Waals surface area contributed by atoms with E-state index in [1.54, 1.807) is 0 Å². The highest BCUT2D eigenvalue weighted by atomic mass is 15.1. The Morgan fingerprint density at radius 2 is 1.67 bits per heavy atom. The molecule has 0 heterocycles. The van der Waals surface area contributed by atoms with Gasteiger partial charge in [-0.05, 0) is 25.6 Å². The molecule has 0 saturated carbocycles. The van der Waals surface area contributed by atoms with Crippen LogP contribution in [0.2, 0.25) is 0 Å². The molecule has 0 aliphatic heterocycles. The van der Waals surface area contributed by atoms with Crippen molar-refractivity contribution in [2.24, 2.45) is 0 Å². The molecular weight excluding hydrogens is 182 g/mol. The van der Waals surface area contributed by atoms with Crippen molar-refractivity contribution in [2.45, 2.75) is 48.0 Å². The molecule has 0 radical (unpaired) electrons. The van der Waals surface area contributed by atoms with E-state index in [-0.39, 0.29) is 0 Å². The maximum atomic E-state index is 3.72. The SMILES string of the molecule is C=C/C(=C/C)N(C)/C=C\CC.CC.CC. The average molecular weight is 211 g/mol. The monoisotopic (exact) mass is 211 g/mol. The summed E-state index contributed by atoms with van der Waals surface area (Å²) in [5.74, 6) is 0. The van der Waals surface area contributed by atoms with E-state index in [9.17, 15) is 0 Å². The first kappa shape index (κ1) is 19.6. The van der Waals surface area contributed by atoms with Gasteiger partial charge in [0, 0.05) is 12.7 Å². The summed E-state index contributed by atoms with van der Waals surface area (Å²) in [5, 5.41) is 0. The molecule has 0 rings (SSSR count). The second-order valence-corrected chi connectivity index (χ2v) is 2.32. The van der Waals surface area contributed by atoms with Gasteiger partial charge in [0.05, 0.1) is 0 Å². The van der Waals surface area contributed by atoms with Gasteiger partial charge < -0.3 is 4.90 Å². The lowest BCUT2D eigenvalue weighted by Crippen LogP contribution is -2.07. The summed E-state index contributed by atoms with van der Waals surface area (Å²) in [6.45, 7) is 15.8. The van der Waals surface area contributed by atoms with Gasteiger partial charge in [-0.1, -0.05) is 53.3 Å². The van der Waals surface area contributed by atoms with Gasteiger partial charge in [-0.25, -0.2) is 0 Å². The molecule has 0 unspecified atom stereocenters. The van der Waals surface area contributed by atoms with Gasteiger partial charge in [0.25, 0.3) is 0 Å². The molecule has 90 valence electrons. The number of likely N-dealkylation sites (N-methyl/N-ethyl adjacent to an activating group) is 1. The summed E-state index contributed by atoms with van der Waals surface area (Å²) in [6, 6.07) is 0. The zero-order valence-corrected chi connectivity index (χ0v) is 11.7. The molecule has 0 atom stereocenters. The molecule has 0 spiro atoms. The van der Waals surface area contributed by atoms with E-state index in [2.05, 4.69) is 30.7 Å². The van der Waals surface area contributed by atoms with Crippen LogP contribution in [0.25, 0.3) is 0 Å². The van der Waals surface area contributed by atoms with E-state index < -0.39 is 0 Å². The summed E-state index contributed by atoms with van der Waals surface area (Å²) in [7, 11) is 2.02. The highest BCUT2D eigenvalue weighted by molar-refractivity contribution is 5.15. The normalized spacial score (nSPS) is 9.67. The quantitative estimate of drug-likeness (QED) is 0.592. The zero-order chi connectivity index (χ0) is 12.7. The van der Waals surface area contributed by atoms with E-state index in [4.69, 9.17) is 0 Å². The number of allylic oxidation sites excluding steroid dienone is 3. The van der Waals surface area contributed by atoms with Crippen LogP contribution >= 0.6 is 0 Å². The first-order valence-corrected chi connectivity index (χ1v) is 5.94. The largest absolute Gasteiger partial charge is 0.352 e. The van der Waals surface area contributed by atoms with Gasteiger partial charge in [-0.15, -0.1) is 0 Å². The second kappa shape index (κ2) is 18.7. The number of rotatable bonds is 4. The molecule has 0 bridgehead atoms. The van der Waals surface area contributed by atoms with E-state index in [0.717, 1.165) is 12.1 Å². The highest BCUT2D eigenvalue weighted by Gasteiger charge is 1.91. The van der Waals surface area contributed by atoms with Crippen LogP contribution in [-0.4, -0.2) is 11.9 Å². The lowest BCUT2D eigenvalue weighted by Gasteiger charge is -2.13. The van der Waals surface area contributed by atoms with E-state index in [1.165, 1.54) is 0 Å². The molecule has 1 nitrogen and oxygen atoms in total. The van der Waals surface area contributed by atoms with Crippen molar-refractivity contribution in [3.05, 3.63) is 36.7 Å². The van der Waals surface area contributed by atoms with Gasteiger partial charge >= 0.3 is 0 Å². The molecule has 0 aromatic carbocycles. The van der Waals surface area contributed by atoms with Crippen molar-refractivity contribution in [3.8, 4) is 0 Å². The molecule has 0 fully saturated rings. The van der Waals surface area contributed by atoms with E-state index >= 15 is 0 Å². The van der Waals surface area contributed by atoms with Crippen molar-refractivity contribution in [2.75, 3.05) is 7.05 Å². The van der Waals surface area contributed by atoms with Crippen LogP contribution in [-0.2, 0) is 0 Å². The Morgan fingerprint density at radius 3 is 1.93 bits per heavy atom. The maximum absolute atomic E-state index is 3.72. The molecule has 0 saturated heterocycles. The van der Waals surface area contributed by atoms with Gasteiger partial charge in [0.2, 0.25) is 0 Å². The molecule has 15 heavy (non-hydrogen) atoms. The van der Waals surface area contributed by atoms with Crippen LogP contribution in [0.3, 0.4) is 0 Å². The third kappa shape index (κ3) is 13.0. The molecule has 0 aliphatic rings. The van der Waals surface area contributed by atoms with E-state index in [0.29, 0.717) is 0 Å². The van der Waals surface area contributed by atoms with Crippen LogP contribution in [0.15, 0.2) is 36.7 Å². The van der Waals surface area contributed by atoms with Crippen LogP contribution < -0.4 is 0 Å². The van der Waals surface area contributed by atoms with Gasteiger partial charge in [0.15, 0.2) is 0 Å². The lowest BCUT2D eigenvalue weighted by molar-refractivity contribution is 0.585. The Morgan fingerprint density at radius 1 is 1.20 bits per heavy atom. The van der Waals surface area contributed by atoms with Gasteiger partial charge in [-0.2, -0.15) is 0 Å². The van der Waals surface area contributed by atoms with Crippen molar-refractivity contribution >= 4 is 0 Å². The van der Waals surface area contributed by atoms with Crippen LogP contribution in [0.4, 0.5) is 0 Å².